The number of nitrogens with two attached hydrogens (primary N) is 2. The highest BCUT2D eigenvalue weighted by atomic mass is 15.1. The van der Waals surface area contributed by atoms with Crippen LogP contribution in [-0.2, 0) is 0 Å². The molecule has 0 aliphatic heterocycles. The van der Waals surface area contributed by atoms with Crippen molar-refractivity contribution in [2.45, 2.75) is 51.6 Å². The van der Waals surface area contributed by atoms with Gasteiger partial charge in [0.1, 0.15) is 0 Å². The lowest BCUT2D eigenvalue weighted by molar-refractivity contribution is 0.398. The Kier molecular flexibility index (Phi) is 5.97. The second-order valence-electron chi connectivity index (χ2n) is 5.98. The van der Waals surface area contributed by atoms with E-state index >= 15 is 0 Å². The number of hydrogen-bond donors (Lipinski definition) is 2. The molecule has 96 valence electrons. The fourth-order valence-corrected chi connectivity index (χ4v) is 1.07. The second-order valence-corrected chi connectivity index (χ2v) is 5.98. The molecule has 4 nitrogen and oxygen atoms in total. The van der Waals surface area contributed by atoms with Crippen LogP contribution in [0.2, 0.25) is 0 Å². The molecule has 0 unspecified atom stereocenters. The van der Waals surface area contributed by atoms with Gasteiger partial charge in [-0.25, -0.2) is 0 Å². The summed E-state index contributed by atoms with van der Waals surface area (Å²) >= 11 is 0. The van der Waals surface area contributed by atoms with E-state index in [1.807, 2.05) is 41.1 Å². The summed E-state index contributed by atoms with van der Waals surface area (Å²) in [4.78, 5) is 6.41. The van der Waals surface area contributed by atoms with Crippen molar-refractivity contribution in [2.75, 3.05) is 20.1 Å². The summed E-state index contributed by atoms with van der Waals surface area (Å²) in [5, 5.41) is 0. The van der Waals surface area contributed by atoms with E-state index in [0.29, 0.717) is 0 Å². The fraction of sp³-hybridized carbons (Fsp3) is 0.917. The smallest absolute Gasteiger partial charge is 0.0847 e. The molecule has 0 bridgehead atoms. The van der Waals surface area contributed by atoms with Gasteiger partial charge in [-0.3, -0.25) is 4.99 Å². The second kappa shape index (κ2) is 6.21. The Balaban J connectivity index is 3.71. The minimum absolute atomic E-state index is 0.110. The van der Waals surface area contributed by atoms with Gasteiger partial charge < -0.3 is 16.4 Å². The molecule has 0 aliphatic rings. The zero-order valence-corrected chi connectivity index (χ0v) is 11.5. The topological polar surface area (TPSA) is 67.6 Å². The van der Waals surface area contributed by atoms with Gasteiger partial charge in [0.15, 0.2) is 0 Å². The summed E-state index contributed by atoms with van der Waals surface area (Å²) in [5.41, 5.74) is 11.5. The van der Waals surface area contributed by atoms with E-state index in [1.54, 1.807) is 0 Å². The van der Waals surface area contributed by atoms with Crippen LogP contribution in [0.3, 0.4) is 0 Å². The van der Waals surface area contributed by atoms with Gasteiger partial charge in [0.2, 0.25) is 0 Å². The van der Waals surface area contributed by atoms with E-state index in [9.17, 15) is 0 Å². The van der Waals surface area contributed by atoms with Crippen molar-refractivity contribution in [3.8, 4) is 0 Å². The maximum Gasteiger partial charge on any atom is 0.0847 e. The monoisotopic (exact) mass is 228 g/mol. The molecule has 0 fully saturated rings. The highest BCUT2D eigenvalue weighted by Gasteiger charge is 2.11. The van der Waals surface area contributed by atoms with Crippen LogP contribution >= 0.6 is 0 Å². The number of hydrogen-bond acceptors (Lipinski definition) is 3. The minimum Gasteiger partial charge on any atom is -0.366 e. The standard InChI is InChI=1S/C12H28N4/c1-11(2,13)6-8-15-10-16(5)9-7-12(3,4)14/h10H,6-9,13-14H2,1-5H3. The summed E-state index contributed by atoms with van der Waals surface area (Å²) in [6.45, 7) is 9.81. The van der Waals surface area contributed by atoms with Crippen molar-refractivity contribution in [1.29, 1.82) is 0 Å². The fourth-order valence-electron chi connectivity index (χ4n) is 1.07. The molecule has 0 saturated carbocycles. The highest BCUT2D eigenvalue weighted by molar-refractivity contribution is 5.54. The van der Waals surface area contributed by atoms with E-state index in [4.69, 9.17) is 11.5 Å². The summed E-state index contributed by atoms with van der Waals surface area (Å²) in [7, 11) is 2.02. The molecule has 0 aliphatic carbocycles. The summed E-state index contributed by atoms with van der Waals surface area (Å²) in [6.07, 6.45) is 3.73. The molecule has 0 aromatic carbocycles. The Bertz CT molecular complexity index is 210. The maximum atomic E-state index is 5.91. The first-order chi connectivity index (χ1) is 7.10. The van der Waals surface area contributed by atoms with E-state index in [2.05, 4.69) is 9.89 Å². The average molecular weight is 228 g/mol. The first-order valence-corrected chi connectivity index (χ1v) is 5.88. The Hall–Kier alpha value is -0.610. The molecule has 0 amide bonds. The Morgan fingerprint density at radius 3 is 2.00 bits per heavy atom. The molecule has 0 heterocycles. The van der Waals surface area contributed by atoms with Crippen LogP contribution in [0.5, 0.6) is 0 Å². The lowest BCUT2D eigenvalue weighted by Gasteiger charge is -2.22. The molecule has 0 saturated heterocycles. The number of rotatable bonds is 7. The van der Waals surface area contributed by atoms with E-state index in [1.165, 1.54) is 0 Å². The molecule has 0 rings (SSSR count). The molecule has 4 N–H and O–H groups in total. The predicted molar refractivity (Wildman–Crippen MR) is 71.8 cm³/mol. The van der Waals surface area contributed by atoms with Crippen LogP contribution in [0.25, 0.3) is 0 Å². The van der Waals surface area contributed by atoms with E-state index in [-0.39, 0.29) is 11.1 Å². The molecular formula is C12H28N4. The van der Waals surface area contributed by atoms with Crippen molar-refractivity contribution in [2.24, 2.45) is 16.5 Å². The number of aliphatic imine (C=N–C) groups is 1. The minimum atomic E-state index is -0.130. The van der Waals surface area contributed by atoms with Crippen LogP contribution in [-0.4, -0.2) is 42.5 Å². The van der Waals surface area contributed by atoms with Gasteiger partial charge in [0.05, 0.1) is 6.34 Å². The summed E-state index contributed by atoms with van der Waals surface area (Å²) in [6, 6.07) is 0. The quantitative estimate of drug-likeness (QED) is 0.508. The Morgan fingerprint density at radius 1 is 1.06 bits per heavy atom. The lowest BCUT2D eigenvalue weighted by atomic mass is 10.0. The molecule has 16 heavy (non-hydrogen) atoms. The van der Waals surface area contributed by atoms with Crippen LogP contribution in [0.4, 0.5) is 0 Å². The Labute approximate surface area is 100 Å². The SMILES string of the molecule is CN(C=NCCC(C)(C)N)CCC(C)(C)N. The summed E-state index contributed by atoms with van der Waals surface area (Å²) in [5.74, 6) is 0. The van der Waals surface area contributed by atoms with Gasteiger partial charge in [-0.15, -0.1) is 0 Å². The van der Waals surface area contributed by atoms with E-state index in [0.717, 1.165) is 25.9 Å². The van der Waals surface area contributed by atoms with Gasteiger partial charge in [-0.1, -0.05) is 0 Å². The molecule has 0 atom stereocenters. The van der Waals surface area contributed by atoms with Crippen molar-refractivity contribution in [3.05, 3.63) is 0 Å². The third-order valence-electron chi connectivity index (χ3n) is 2.27. The van der Waals surface area contributed by atoms with Crippen molar-refractivity contribution in [3.63, 3.8) is 0 Å². The molecule has 4 heteroatoms. The Morgan fingerprint density at radius 2 is 1.56 bits per heavy atom. The first kappa shape index (κ1) is 15.4. The molecule has 0 radical (unpaired) electrons. The maximum absolute atomic E-state index is 5.91. The highest BCUT2D eigenvalue weighted by Crippen LogP contribution is 2.04. The van der Waals surface area contributed by atoms with Crippen LogP contribution in [0, 0.1) is 0 Å². The third kappa shape index (κ3) is 11.5. The lowest BCUT2D eigenvalue weighted by Crippen LogP contribution is -2.36. The molecular weight excluding hydrogens is 200 g/mol. The van der Waals surface area contributed by atoms with Crippen LogP contribution in [0.15, 0.2) is 4.99 Å². The normalized spacial score (nSPS) is 13.4. The van der Waals surface area contributed by atoms with Gasteiger partial charge in [-0.2, -0.15) is 0 Å². The van der Waals surface area contributed by atoms with Gasteiger partial charge in [0.25, 0.3) is 0 Å². The van der Waals surface area contributed by atoms with Crippen molar-refractivity contribution >= 4 is 6.34 Å². The van der Waals surface area contributed by atoms with Crippen LogP contribution in [0.1, 0.15) is 40.5 Å². The third-order valence-corrected chi connectivity index (χ3v) is 2.27. The molecule has 0 aromatic rings. The number of nitrogens with zero attached hydrogens (tertiary/aromatic N) is 2. The average Bonchev–Trinajstić information content (AvgIpc) is 2.06. The zero-order valence-electron chi connectivity index (χ0n) is 11.5. The predicted octanol–water partition coefficient (Wildman–Crippen LogP) is 1.20. The van der Waals surface area contributed by atoms with E-state index < -0.39 is 0 Å². The van der Waals surface area contributed by atoms with Crippen molar-refractivity contribution in [1.82, 2.24) is 4.90 Å². The van der Waals surface area contributed by atoms with Gasteiger partial charge in [-0.05, 0) is 40.5 Å². The largest absolute Gasteiger partial charge is 0.366 e. The zero-order chi connectivity index (χ0) is 12.8. The van der Waals surface area contributed by atoms with Crippen molar-refractivity contribution < 1.29 is 0 Å². The molecule has 0 spiro atoms. The van der Waals surface area contributed by atoms with Crippen LogP contribution < -0.4 is 11.5 Å². The van der Waals surface area contributed by atoms with Gasteiger partial charge in [0, 0.05) is 31.2 Å². The van der Waals surface area contributed by atoms with Gasteiger partial charge >= 0.3 is 0 Å². The molecule has 0 aromatic heterocycles. The first-order valence-electron chi connectivity index (χ1n) is 5.88. The summed E-state index contributed by atoms with van der Waals surface area (Å²) < 4.78 is 0.